The van der Waals surface area contributed by atoms with E-state index in [9.17, 15) is 9.50 Å². The number of nitrogens with zero attached hydrogens (tertiary/aromatic N) is 3. The van der Waals surface area contributed by atoms with E-state index < -0.39 is 5.82 Å². The Morgan fingerprint density at radius 2 is 1.96 bits per heavy atom. The van der Waals surface area contributed by atoms with Crippen LogP contribution in [0.2, 0.25) is 0 Å². The molecule has 0 bridgehead atoms. The summed E-state index contributed by atoms with van der Waals surface area (Å²) in [6, 6.07) is 4.95. The number of rotatable bonds is 5. The van der Waals surface area contributed by atoms with E-state index in [4.69, 9.17) is 4.74 Å². The fourth-order valence-electron chi connectivity index (χ4n) is 2.98. The molecule has 1 aliphatic rings. The number of hydrogen-bond donors (Lipinski definition) is 1. The van der Waals surface area contributed by atoms with Crippen molar-refractivity contribution in [2.75, 3.05) is 31.7 Å². The third kappa shape index (κ3) is 3.71. The summed E-state index contributed by atoms with van der Waals surface area (Å²) in [5.41, 5.74) is 1.28. The molecule has 1 aliphatic heterocycles. The molecule has 1 saturated heterocycles. The monoisotopic (exact) mass is 331 g/mol. The molecule has 1 fully saturated rings. The van der Waals surface area contributed by atoms with Crippen molar-refractivity contribution in [3.05, 3.63) is 42.0 Å². The first kappa shape index (κ1) is 16.8. The van der Waals surface area contributed by atoms with E-state index in [1.54, 1.807) is 30.6 Å². The van der Waals surface area contributed by atoms with Crippen molar-refractivity contribution in [2.24, 2.45) is 5.92 Å². The Bertz CT molecular complexity index is 672. The number of ether oxygens (including phenoxy) is 1. The quantitative estimate of drug-likeness (QED) is 0.913. The normalized spacial score (nSPS) is 15.5. The predicted molar refractivity (Wildman–Crippen MR) is 90.2 cm³/mol. The molecule has 0 amide bonds. The van der Waals surface area contributed by atoms with Crippen LogP contribution < -0.4 is 4.90 Å². The van der Waals surface area contributed by atoms with E-state index in [1.807, 2.05) is 11.9 Å². The summed E-state index contributed by atoms with van der Waals surface area (Å²) in [7, 11) is 1.97. The van der Waals surface area contributed by atoms with Crippen molar-refractivity contribution >= 4 is 5.95 Å². The van der Waals surface area contributed by atoms with Crippen LogP contribution in [0.5, 0.6) is 0 Å². The summed E-state index contributed by atoms with van der Waals surface area (Å²) >= 11 is 0. The van der Waals surface area contributed by atoms with Gasteiger partial charge in [0.15, 0.2) is 0 Å². The number of aliphatic hydroxyl groups excluding tert-OH is 1. The van der Waals surface area contributed by atoms with Crippen molar-refractivity contribution in [1.82, 2.24) is 9.97 Å². The van der Waals surface area contributed by atoms with Crippen LogP contribution in [0, 0.1) is 11.7 Å². The first-order valence-electron chi connectivity index (χ1n) is 8.18. The lowest BCUT2D eigenvalue weighted by molar-refractivity contribution is 0.0684. The van der Waals surface area contributed by atoms with Crippen molar-refractivity contribution in [1.29, 1.82) is 0 Å². The SMILES string of the molecule is CN(CC1CCOCC1)c1ncc(-c2cccc(CO)c2F)cn1. The summed E-state index contributed by atoms with van der Waals surface area (Å²) < 4.78 is 19.7. The smallest absolute Gasteiger partial charge is 0.225 e. The zero-order chi connectivity index (χ0) is 16.9. The molecular formula is C18H22FN3O2. The number of anilines is 1. The van der Waals surface area contributed by atoms with Gasteiger partial charge in [0, 0.05) is 55.9 Å². The molecule has 0 unspecified atom stereocenters. The van der Waals surface area contributed by atoms with Gasteiger partial charge in [-0.3, -0.25) is 0 Å². The van der Waals surface area contributed by atoms with E-state index in [0.717, 1.165) is 32.6 Å². The molecule has 0 aliphatic carbocycles. The van der Waals surface area contributed by atoms with Crippen molar-refractivity contribution in [3.63, 3.8) is 0 Å². The Morgan fingerprint density at radius 3 is 2.62 bits per heavy atom. The number of aliphatic hydroxyl groups is 1. The molecule has 0 radical (unpaired) electrons. The Morgan fingerprint density at radius 1 is 1.25 bits per heavy atom. The molecule has 2 heterocycles. The number of aromatic nitrogens is 2. The van der Waals surface area contributed by atoms with Crippen LogP contribution >= 0.6 is 0 Å². The Labute approximate surface area is 141 Å². The van der Waals surface area contributed by atoms with Gasteiger partial charge in [0.1, 0.15) is 5.82 Å². The zero-order valence-corrected chi connectivity index (χ0v) is 13.8. The van der Waals surface area contributed by atoms with Gasteiger partial charge in [0.2, 0.25) is 5.95 Å². The van der Waals surface area contributed by atoms with E-state index in [2.05, 4.69) is 9.97 Å². The second-order valence-electron chi connectivity index (χ2n) is 6.14. The first-order valence-corrected chi connectivity index (χ1v) is 8.18. The van der Waals surface area contributed by atoms with Crippen LogP contribution in [0.4, 0.5) is 10.3 Å². The fraction of sp³-hybridized carbons (Fsp3) is 0.444. The minimum atomic E-state index is -0.424. The lowest BCUT2D eigenvalue weighted by atomic mass is 10.00. The molecule has 1 N–H and O–H groups in total. The Balaban J connectivity index is 1.73. The minimum absolute atomic E-state index is 0.271. The molecule has 6 heteroatoms. The lowest BCUT2D eigenvalue weighted by Gasteiger charge is -2.27. The van der Waals surface area contributed by atoms with Gasteiger partial charge in [-0.15, -0.1) is 0 Å². The topological polar surface area (TPSA) is 58.5 Å². The maximum absolute atomic E-state index is 14.3. The largest absolute Gasteiger partial charge is 0.392 e. The van der Waals surface area contributed by atoms with Crippen LogP contribution in [0.25, 0.3) is 11.1 Å². The highest BCUT2D eigenvalue weighted by Gasteiger charge is 2.17. The maximum Gasteiger partial charge on any atom is 0.225 e. The van der Waals surface area contributed by atoms with Crippen molar-refractivity contribution < 1.29 is 14.2 Å². The van der Waals surface area contributed by atoms with Crippen LogP contribution in [0.15, 0.2) is 30.6 Å². The molecule has 5 nitrogen and oxygen atoms in total. The van der Waals surface area contributed by atoms with Crippen LogP contribution in [-0.4, -0.2) is 41.9 Å². The summed E-state index contributed by atoms with van der Waals surface area (Å²) in [5, 5.41) is 9.18. The van der Waals surface area contributed by atoms with Crippen LogP contribution in [0.1, 0.15) is 18.4 Å². The minimum Gasteiger partial charge on any atom is -0.392 e. The molecule has 1 aromatic heterocycles. The summed E-state index contributed by atoms with van der Waals surface area (Å²) in [6.07, 6.45) is 5.37. The Hall–Kier alpha value is -2.05. The van der Waals surface area contributed by atoms with Crippen molar-refractivity contribution in [3.8, 4) is 11.1 Å². The molecule has 0 saturated carbocycles. The van der Waals surface area contributed by atoms with E-state index in [0.29, 0.717) is 23.0 Å². The molecule has 3 rings (SSSR count). The fourth-order valence-corrected chi connectivity index (χ4v) is 2.98. The van der Waals surface area contributed by atoms with Crippen molar-refractivity contribution in [2.45, 2.75) is 19.4 Å². The Kier molecular flexibility index (Phi) is 5.37. The number of halogens is 1. The van der Waals surface area contributed by atoms with Crippen LogP contribution in [-0.2, 0) is 11.3 Å². The predicted octanol–water partition coefficient (Wildman–Crippen LogP) is 2.64. The molecular weight excluding hydrogens is 309 g/mol. The number of hydrogen-bond acceptors (Lipinski definition) is 5. The van der Waals surface area contributed by atoms with E-state index >= 15 is 0 Å². The van der Waals surface area contributed by atoms with Gasteiger partial charge >= 0.3 is 0 Å². The highest BCUT2D eigenvalue weighted by molar-refractivity contribution is 5.63. The second kappa shape index (κ2) is 7.68. The molecule has 0 atom stereocenters. The molecule has 0 spiro atoms. The average Bonchev–Trinajstić information content (AvgIpc) is 2.63. The standard InChI is InChI=1S/C18H22FN3O2/c1-22(11-13-5-7-24-8-6-13)18-20-9-15(10-21-18)16-4-2-3-14(12-23)17(16)19/h2-4,9-10,13,23H,5-8,11-12H2,1H3. The summed E-state index contributed by atoms with van der Waals surface area (Å²) in [5.74, 6) is 0.793. The van der Waals surface area contributed by atoms with Crippen LogP contribution in [0.3, 0.4) is 0 Å². The molecule has 2 aromatic rings. The van der Waals surface area contributed by atoms with Gasteiger partial charge < -0.3 is 14.7 Å². The lowest BCUT2D eigenvalue weighted by Crippen LogP contribution is -2.30. The third-order valence-corrected chi connectivity index (χ3v) is 4.41. The van der Waals surface area contributed by atoms with Gasteiger partial charge in [0.25, 0.3) is 0 Å². The summed E-state index contributed by atoms with van der Waals surface area (Å²) in [6.45, 7) is 2.20. The third-order valence-electron chi connectivity index (χ3n) is 4.41. The van der Waals surface area contributed by atoms with Gasteiger partial charge in [-0.2, -0.15) is 0 Å². The maximum atomic E-state index is 14.3. The van der Waals surface area contributed by atoms with E-state index in [-0.39, 0.29) is 12.2 Å². The number of benzene rings is 1. The average molecular weight is 331 g/mol. The molecule has 1 aromatic carbocycles. The molecule has 128 valence electrons. The van der Waals surface area contributed by atoms with Gasteiger partial charge in [-0.05, 0) is 18.8 Å². The first-order chi connectivity index (χ1) is 11.7. The summed E-state index contributed by atoms with van der Waals surface area (Å²) in [4.78, 5) is 10.8. The highest BCUT2D eigenvalue weighted by Crippen LogP contribution is 2.25. The van der Waals surface area contributed by atoms with Gasteiger partial charge in [-0.1, -0.05) is 18.2 Å². The van der Waals surface area contributed by atoms with Gasteiger partial charge in [-0.25, -0.2) is 14.4 Å². The molecule has 24 heavy (non-hydrogen) atoms. The zero-order valence-electron chi connectivity index (χ0n) is 13.8. The van der Waals surface area contributed by atoms with E-state index in [1.165, 1.54) is 0 Å². The van der Waals surface area contributed by atoms with Gasteiger partial charge in [0.05, 0.1) is 6.61 Å². The second-order valence-corrected chi connectivity index (χ2v) is 6.14. The highest BCUT2D eigenvalue weighted by atomic mass is 19.1.